The molecule has 0 bridgehead atoms. The van der Waals surface area contributed by atoms with Gasteiger partial charge < -0.3 is 10.6 Å². The van der Waals surface area contributed by atoms with Crippen LogP contribution < -0.4 is 15.5 Å². The van der Waals surface area contributed by atoms with Crippen LogP contribution in [-0.2, 0) is 4.79 Å². The number of amides is 3. The van der Waals surface area contributed by atoms with Gasteiger partial charge in [-0.3, -0.25) is 14.7 Å². The SMILES string of the molecule is CCCC1C(=O)Nc2ccccc2N1C(=O)Nc1ccncc1. The number of carbonyl (C=O) groups is 2. The maximum absolute atomic E-state index is 12.8. The summed E-state index contributed by atoms with van der Waals surface area (Å²) in [5, 5.41) is 5.70. The number of hydrogen-bond donors (Lipinski definition) is 2. The minimum Gasteiger partial charge on any atom is -0.322 e. The van der Waals surface area contributed by atoms with Crippen LogP contribution in [0.3, 0.4) is 0 Å². The molecule has 1 atom stereocenters. The predicted molar refractivity (Wildman–Crippen MR) is 89.5 cm³/mol. The molecule has 118 valence electrons. The first-order chi connectivity index (χ1) is 11.2. The minimum absolute atomic E-state index is 0.157. The van der Waals surface area contributed by atoms with Crippen molar-refractivity contribution in [3.63, 3.8) is 0 Å². The lowest BCUT2D eigenvalue weighted by Gasteiger charge is -2.36. The Bertz CT molecular complexity index is 718. The molecular formula is C17H18N4O2. The van der Waals surface area contributed by atoms with Crippen molar-refractivity contribution in [3.05, 3.63) is 48.8 Å². The van der Waals surface area contributed by atoms with Crippen LogP contribution in [0.5, 0.6) is 0 Å². The predicted octanol–water partition coefficient (Wildman–Crippen LogP) is 3.24. The number of nitrogens with one attached hydrogen (secondary N) is 2. The summed E-state index contributed by atoms with van der Waals surface area (Å²) in [7, 11) is 0. The zero-order valence-electron chi connectivity index (χ0n) is 12.8. The molecule has 6 heteroatoms. The molecule has 6 nitrogen and oxygen atoms in total. The number of rotatable bonds is 3. The number of benzene rings is 1. The highest BCUT2D eigenvalue weighted by Gasteiger charge is 2.36. The maximum atomic E-state index is 12.8. The molecule has 1 aliphatic heterocycles. The second kappa shape index (κ2) is 6.48. The van der Waals surface area contributed by atoms with Crippen molar-refractivity contribution in [1.82, 2.24) is 4.98 Å². The van der Waals surface area contributed by atoms with E-state index in [2.05, 4.69) is 15.6 Å². The fraction of sp³-hybridized carbons (Fsp3) is 0.235. The Morgan fingerprint density at radius 1 is 1.26 bits per heavy atom. The van der Waals surface area contributed by atoms with E-state index >= 15 is 0 Å². The molecule has 2 N–H and O–H groups in total. The summed E-state index contributed by atoms with van der Waals surface area (Å²) in [5.41, 5.74) is 2.00. The van der Waals surface area contributed by atoms with E-state index in [0.717, 1.165) is 6.42 Å². The summed E-state index contributed by atoms with van der Waals surface area (Å²) in [6.07, 6.45) is 4.62. The van der Waals surface area contributed by atoms with Gasteiger partial charge in [-0.05, 0) is 30.7 Å². The number of carbonyl (C=O) groups excluding carboxylic acids is 2. The van der Waals surface area contributed by atoms with Crippen LogP contribution in [0.2, 0.25) is 0 Å². The number of aromatic nitrogens is 1. The molecule has 3 rings (SSSR count). The van der Waals surface area contributed by atoms with Crippen LogP contribution in [0, 0.1) is 0 Å². The Hall–Kier alpha value is -2.89. The number of fused-ring (bicyclic) bond motifs is 1. The fourth-order valence-corrected chi connectivity index (χ4v) is 2.69. The van der Waals surface area contributed by atoms with E-state index in [1.54, 1.807) is 30.6 Å². The second-order valence-corrected chi connectivity index (χ2v) is 5.35. The first-order valence-corrected chi connectivity index (χ1v) is 7.61. The summed E-state index contributed by atoms with van der Waals surface area (Å²) in [5.74, 6) is -0.157. The van der Waals surface area contributed by atoms with E-state index in [-0.39, 0.29) is 11.9 Å². The third-order valence-corrected chi connectivity index (χ3v) is 3.75. The highest BCUT2D eigenvalue weighted by Crippen LogP contribution is 2.33. The molecule has 1 aliphatic rings. The van der Waals surface area contributed by atoms with Crippen LogP contribution in [0.15, 0.2) is 48.8 Å². The highest BCUT2D eigenvalue weighted by atomic mass is 16.2. The lowest BCUT2D eigenvalue weighted by Crippen LogP contribution is -2.52. The molecule has 1 aromatic heterocycles. The lowest BCUT2D eigenvalue weighted by atomic mass is 10.0. The largest absolute Gasteiger partial charge is 0.327 e. The first-order valence-electron chi connectivity index (χ1n) is 7.61. The van der Waals surface area contributed by atoms with Gasteiger partial charge in [-0.1, -0.05) is 25.5 Å². The molecule has 0 aliphatic carbocycles. The van der Waals surface area contributed by atoms with Gasteiger partial charge in [0.15, 0.2) is 0 Å². The van der Waals surface area contributed by atoms with Crippen LogP contribution >= 0.6 is 0 Å². The Morgan fingerprint density at radius 3 is 2.74 bits per heavy atom. The summed E-state index contributed by atoms with van der Waals surface area (Å²) >= 11 is 0. The van der Waals surface area contributed by atoms with E-state index in [4.69, 9.17) is 0 Å². The van der Waals surface area contributed by atoms with E-state index in [1.807, 2.05) is 25.1 Å². The molecule has 2 aromatic rings. The van der Waals surface area contributed by atoms with E-state index in [9.17, 15) is 9.59 Å². The Morgan fingerprint density at radius 2 is 2.00 bits per heavy atom. The van der Waals surface area contributed by atoms with E-state index in [1.165, 1.54) is 4.90 Å². The number of nitrogens with zero attached hydrogens (tertiary/aromatic N) is 2. The maximum Gasteiger partial charge on any atom is 0.327 e. The van der Waals surface area contributed by atoms with Crippen LogP contribution in [0.4, 0.5) is 21.9 Å². The molecule has 3 amide bonds. The van der Waals surface area contributed by atoms with Gasteiger partial charge in [0.05, 0.1) is 11.4 Å². The molecule has 0 saturated carbocycles. The van der Waals surface area contributed by atoms with Crippen molar-refractivity contribution in [1.29, 1.82) is 0 Å². The molecule has 0 saturated heterocycles. The molecule has 1 unspecified atom stereocenters. The van der Waals surface area contributed by atoms with Crippen molar-refractivity contribution in [3.8, 4) is 0 Å². The summed E-state index contributed by atoms with van der Waals surface area (Å²) < 4.78 is 0. The average molecular weight is 310 g/mol. The summed E-state index contributed by atoms with van der Waals surface area (Å²) in [6, 6.07) is 9.90. The standard InChI is InChI=1S/C17H18N4O2/c1-2-5-15-16(22)20-13-6-3-4-7-14(13)21(15)17(23)19-12-8-10-18-11-9-12/h3-4,6-11,15H,2,5H2,1H3,(H,20,22)(H,18,19,23). The van der Waals surface area contributed by atoms with Gasteiger partial charge in [-0.15, -0.1) is 0 Å². The van der Waals surface area contributed by atoms with Gasteiger partial charge >= 0.3 is 6.03 Å². The average Bonchev–Trinajstić information content (AvgIpc) is 2.56. The fourth-order valence-electron chi connectivity index (χ4n) is 2.69. The molecule has 23 heavy (non-hydrogen) atoms. The number of pyridine rings is 1. The highest BCUT2D eigenvalue weighted by molar-refractivity contribution is 6.14. The van der Waals surface area contributed by atoms with Gasteiger partial charge in [-0.25, -0.2) is 4.79 Å². The van der Waals surface area contributed by atoms with E-state index in [0.29, 0.717) is 23.5 Å². The normalized spacial score (nSPS) is 16.5. The van der Waals surface area contributed by atoms with Crippen molar-refractivity contribution >= 4 is 29.0 Å². The van der Waals surface area contributed by atoms with Crippen molar-refractivity contribution in [2.75, 3.05) is 15.5 Å². The number of para-hydroxylation sites is 2. The molecule has 0 radical (unpaired) electrons. The number of anilines is 3. The van der Waals surface area contributed by atoms with Gasteiger partial charge in [0, 0.05) is 18.1 Å². The third kappa shape index (κ3) is 3.01. The molecule has 0 fully saturated rings. The van der Waals surface area contributed by atoms with E-state index < -0.39 is 6.04 Å². The summed E-state index contributed by atoms with van der Waals surface area (Å²) in [6.45, 7) is 1.99. The van der Waals surface area contributed by atoms with Crippen molar-refractivity contribution in [2.24, 2.45) is 0 Å². The zero-order chi connectivity index (χ0) is 16.2. The molecule has 0 spiro atoms. The van der Waals surface area contributed by atoms with Gasteiger partial charge in [0.25, 0.3) is 0 Å². The lowest BCUT2D eigenvalue weighted by molar-refractivity contribution is -0.117. The molecular weight excluding hydrogens is 292 g/mol. The third-order valence-electron chi connectivity index (χ3n) is 3.75. The van der Waals surface area contributed by atoms with Crippen LogP contribution in [-0.4, -0.2) is 23.0 Å². The van der Waals surface area contributed by atoms with Gasteiger partial charge in [0.1, 0.15) is 6.04 Å². The van der Waals surface area contributed by atoms with Gasteiger partial charge in [0.2, 0.25) is 5.91 Å². The van der Waals surface area contributed by atoms with Crippen molar-refractivity contribution in [2.45, 2.75) is 25.8 Å². The van der Waals surface area contributed by atoms with Crippen LogP contribution in [0.1, 0.15) is 19.8 Å². The quantitative estimate of drug-likeness (QED) is 0.914. The molecule has 2 heterocycles. The smallest absolute Gasteiger partial charge is 0.322 e. The summed E-state index contributed by atoms with van der Waals surface area (Å²) in [4.78, 5) is 30.6. The number of urea groups is 1. The Labute approximate surface area is 134 Å². The van der Waals surface area contributed by atoms with Gasteiger partial charge in [-0.2, -0.15) is 0 Å². The molecule has 1 aromatic carbocycles. The zero-order valence-corrected chi connectivity index (χ0v) is 12.8. The monoisotopic (exact) mass is 310 g/mol. The van der Waals surface area contributed by atoms with Crippen molar-refractivity contribution < 1.29 is 9.59 Å². The number of hydrogen-bond acceptors (Lipinski definition) is 3. The topological polar surface area (TPSA) is 74.3 Å². The Kier molecular flexibility index (Phi) is 4.23. The first kappa shape index (κ1) is 15.0. The Balaban J connectivity index is 1.95. The minimum atomic E-state index is -0.517. The van der Waals surface area contributed by atoms with Crippen LogP contribution in [0.25, 0.3) is 0 Å². The second-order valence-electron chi connectivity index (χ2n) is 5.35.